The fourth-order valence-electron chi connectivity index (χ4n) is 4.96. The van der Waals surface area contributed by atoms with Crippen LogP contribution in [0, 0.1) is 5.92 Å². The van der Waals surface area contributed by atoms with Crippen molar-refractivity contribution in [3.8, 4) is 0 Å². The van der Waals surface area contributed by atoms with E-state index in [-0.39, 0.29) is 31.8 Å². The van der Waals surface area contributed by atoms with Crippen LogP contribution >= 0.6 is 0 Å². The number of hydrogen-bond donors (Lipinski definition) is 1. The zero-order chi connectivity index (χ0) is 29.0. The first kappa shape index (κ1) is 30.0. The van der Waals surface area contributed by atoms with Crippen molar-refractivity contribution in [3.63, 3.8) is 0 Å². The van der Waals surface area contributed by atoms with Crippen molar-refractivity contribution in [2.24, 2.45) is 5.92 Å². The second kappa shape index (κ2) is 12.3. The molecule has 0 amide bonds. The van der Waals surface area contributed by atoms with Crippen LogP contribution in [0.25, 0.3) is 0 Å². The number of aliphatic hydroxyl groups excluding tert-OH is 1. The number of benzene rings is 3. The van der Waals surface area contributed by atoms with Crippen LogP contribution in [0.4, 0.5) is 26.3 Å². The number of hydrogen-bond acceptors (Lipinski definition) is 4. The van der Waals surface area contributed by atoms with Gasteiger partial charge in [-0.3, -0.25) is 0 Å². The normalized spacial score (nSPS) is 21.6. The van der Waals surface area contributed by atoms with Crippen molar-refractivity contribution >= 4 is 0 Å². The number of ether oxygens (including phenoxy) is 3. The summed E-state index contributed by atoms with van der Waals surface area (Å²) in [6.07, 6.45) is -10.2. The first-order chi connectivity index (χ1) is 18.9. The van der Waals surface area contributed by atoms with Crippen molar-refractivity contribution in [1.29, 1.82) is 0 Å². The third-order valence-corrected chi connectivity index (χ3v) is 7.07. The number of halogens is 6. The average molecular weight is 569 g/mol. The molecule has 1 N–H and O–H groups in total. The van der Waals surface area contributed by atoms with Crippen molar-refractivity contribution in [3.05, 3.63) is 107 Å². The zero-order valence-electron chi connectivity index (χ0n) is 21.7. The smallest absolute Gasteiger partial charge is 0.396 e. The molecule has 1 heterocycles. The summed E-state index contributed by atoms with van der Waals surface area (Å²) in [7, 11) is 0. The van der Waals surface area contributed by atoms with Gasteiger partial charge in [0.05, 0.1) is 24.3 Å². The SMILES string of the molecule is CC(OCc1ccccc1)(OC1OCCC(CCO)C1c1ccccc1)c1cc(C(F)(F)F)cc(C(F)(F)F)c1. The van der Waals surface area contributed by atoms with Crippen LogP contribution in [0.3, 0.4) is 0 Å². The molecule has 0 saturated carbocycles. The zero-order valence-corrected chi connectivity index (χ0v) is 21.7. The van der Waals surface area contributed by atoms with E-state index in [0.29, 0.717) is 30.5 Å². The summed E-state index contributed by atoms with van der Waals surface area (Å²) >= 11 is 0. The molecule has 4 rings (SSSR count). The van der Waals surface area contributed by atoms with Gasteiger partial charge in [0.1, 0.15) is 0 Å². The molecule has 4 nitrogen and oxygen atoms in total. The average Bonchev–Trinajstić information content (AvgIpc) is 2.92. The third kappa shape index (κ3) is 7.23. The van der Waals surface area contributed by atoms with Crippen molar-refractivity contribution in [1.82, 2.24) is 0 Å². The molecule has 0 aliphatic carbocycles. The minimum atomic E-state index is -5.05. The number of alkyl halides is 6. The molecule has 0 aromatic heterocycles. The number of rotatable bonds is 9. The van der Waals surface area contributed by atoms with Crippen molar-refractivity contribution in [2.75, 3.05) is 13.2 Å². The van der Waals surface area contributed by atoms with Crippen LogP contribution in [0.5, 0.6) is 0 Å². The molecule has 40 heavy (non-hydrogen) atoms. The molecule has 0 radical (unpaired) electrons. The Morgan fingerprint density at radius 1 is 0.825 bits per heavy atom. The summed E-state index contributed by atoms with van der Waals surface area (Å²) in [5, 5.41) is 9.68. The van der Waals surface area contributed by atoms with Crippen LogP contribution < -0.4 is 0 Å². The quantitative estimate of drug-likeness (QED) is 0.213. The van der Waals surface area contributed by atoms with Crippen LogP contribution in [0.15, 0.2) is 78.9 Å². The van der Waals surface area contributed by atoms with Gasteiger partial charge < -0.3 is 19.3 Å². The van der Waals surface area contributed by atoms with E-state index in [9.17, 15) is 31.4 Å². The molecule has 3 aromatic rings. The maximum atomic E-state index is 13.8. The Hall–Kier alpha value is -2.92. The van der Waals surface area contributed by atoms with E-state index in [0.717, 1.165) is 5.56 Å². The lowest BCUT2D eigenvalue weighted by molar-refractivity contribution is -0.330. The molecular weight excluding hydrogens is 538 g/mol. The highest BCUT2D eigenvalue weighted by molar-refractivity contribution is 5.36. The molecule has 1 fully saturated rings. The van der Waals surface area contributed by atoms with Gasteiger partial charge in [-0.25, -0.2) is 0 Å². The Kier molecular flexibility index (Phi) is 9.24. The Labute approximate surface area is 228 Å². The predicted octanol–water partition coefficient (Wildman–Crippen LogP) is 7.66. The van der Waals surface area contributed by atoms with Gasteiger partial charge in [0, 0.05) is 18.1 Å². The van der Waals surface area contributed by atoms with Crippen LogP contribution in [-0.4, -0.2) is 24.6 Å². The lowest BCUT2D eigenvalue weighted by Gasteiger charge is -2.43. The summed E-state index contributed by atoms with van der Waals surface area (Å²) in [5.74, 6) is -2.65. The first-order valence-electron chi connectivity index (χ1n) is 12.8. The lowest BCUT2D eigenvalue weighted by atomic mass is 9.80. The van der Waals surface area contributed by atoms with Gasteiger partial charge in [0.25, 0.3) is 0 Å². The van der Waals surface area contributed by atoms with Crippen molar-refractivity contribution in [2.45, 2.75) is 56.7 Å². The topological polar surface area (TPSA) is 47.9 Å². The monoisotopic (exact) mass is 568 g/mol. The van der Waals surface area contributed by atoms with E-state index in [1.54, 1.807) is 30.3 Å². The second-order valence-electron chi connectivity index (χ2n) is 9.87. The van der Waals surface area contributed by atoms with E-state index < -0.39 is 47.0 Å². The van der Waals surface area contributed by atoms with E-state index in [4.69, 9.17) is 14.2 Å². The highest BCUT2D eigenvalue weighted by atomic mass is 19.4. The van der Waals surface area contributed by atoms with Gasteiger partial charge in [-0.05, 0) is 55.0 Å². The van der Waals surface area contributed by atoms with Gasteiger partial charge in [-0.1, -0.05) is 60.7 Å². The molecule has 4 unspecified atom stereocenters. The highest BCUT2D eigenvalue weighted by Crippen LogP contribution is 2.44. The van der Waals surface area contributed by atoms with Gasteiger partial charge in [0.2, 0.25) is 0 Å². The van der Waals surface area contributed by atoms with E-state index in [1.165, 1.54) is 6.92 Å². The Bertz CT molecular complexity index is 1200. The summed E-state index contributed by atoms with van der Waals surface area (Å²) in [6.45, 7) is 1.26. The largest absolute Gasteiger partial charge is 0.416 e. The van der Waals surface area contributed by atoms with Gasteiger partial charge in [-0.15, -0.1) is 0 Å². The summed E-state index contributed by atoms with van der Waals surface area (Å²) < 4.78 is 101. The lowest BCUT2D eigenvalue weighted by Crippen LogP contribution is -2.43. The van der Waals surface area contributed by atoms with E-state index in [1.807, 2.05) is 30.3 Å². The highest BCUT2D eigenvalue weighted by Gasteiger charge is 2.44. The molecule has 1 saturated heterocycles. The summed E-state index contributed by atoms with van der Waals surface area (Å²) in [5.41, 5.74) is -1.96. The maximum absolute atomic E-state index is 13.8. The Morgan fingerprint density at radius 2 is 1.38 bits per heavy atom. The van der Waals surface area contributed by atoms with Crippen LogP contribution in [0.1, 0.15) is 53.5 Å². The van der Waals surface area contributed by atoms with E-state index in [2.05, 4.69) is 0 Å². The fourth-order valence-corrected chi connectivity index (χ4v) is 4.96. The summed E-state index contributed by atoms with van der Waals surface area (Å²) in [6, 6.07) is 19.1. The molecule has 0 spiro atoms. The summed E-state index contributed by atoms with van der Waals surface area (Å²) in [4.78, 5) is 0. The second-order valence-corrected chi connectivity index (χ2v) is 9.87. The van der Waals surface area contributed by atoms with Crippen LogP contribution in [0.2, 0.25) is 0 Å². The van der Waals surface area contributed by atoms with Gasteiger partial charge in [0.15, 0.2) is 12.1 Å². The molecule has 10 heteroatoms. The minimum Gasteiger partial charge on any atom is -0.396 e. The van der Waals surface area contributed by atoms with Gasteiger partial charge >= 0.3 is 12.4 Å². The Morgan fingerprint density at radius 3 is 1.93 bits per heavy atom. The molecular formula is C30H30F6O4. The standard InChI is InChI=1S/C30H30F6O4/c1-28(39-19-20-8-4-2-5-9-20,23-16-24(29(31,32)33)18-25(17-23)30(34,35)36)40-27-26(21-10-6-3-7-11-21)22(12-14-37)13-15-38-27/h2-11,16-18,22,26-27,37H,12-15,19H2,1H3. The molecule has 0 bridgehead atoms. The molecule has 3 aromatic carbocycles. The van der Waals surface area contributed by atoms with Crippen molar-refractivity contribution < 1.29 is 45.7 Å². The fraction of sp³-hybridized carbons (Fsp3) is 0.400. The van der Waals surface area contributed by atoms with Gasteiger partial charge in [-0.2, -0.15) is 26.3 Å². The molecule has 4 atom stereocenters. The molecule has 1 aliphatic rings. The number of aliphatic hydroxyl groups is 1. The van der Waals surface area contributed by atoms with E-state index >= 15 is 0 Å². The predicted molar refractivity (Wildman–Crippen MR) is 135 cm³/mol. The maximum Gasteiger partial charge on any atom is 0.416 e. The minimum absolute atomic E-state index is 0.0717. The molecule has 216 valence electrons. The Balaban J connectivity index is 1.80. The first-order valence-corrected chi connectivity index (χ1v) is 12.8. The third-order valence-electron chi connectivity index (χ3n) is 7.07. The van der Waals surface area contributed by atoms with Crippen LogP contribution in [-0.2, 0) is 39.0 Å². The molecule has 1 aliphatic heterocycles.